The molecule has 4 atom stereocenters. The number of imide groups is 1. The van der Waals surface area contributed by atoms with Gasteiger partial charge in [-0.05, 0) is 12.1 Å². The molecular formula is C17H15N3O7. The molecule has 2 aliphatic rings. The number of fused-ring (bicyclic) bond motifs is 1. The van der Waals surface area contributed by atoms with Gasteiger partial charge in [0.1, 0.15) is 12.3 Å². The number of nitrogens with zero attached hydrogens (tertiary/aromatic N) is 2. The lowest BCUT2D eigenvalue weighted by atomic mass is 10.1. The second kappa shape index (κ2) is 6.27. The molecule has 1 fully saturated rings. The van der Waals surface area contributed by atoms with E-state index in [0.29, 0.717) is 4.90 Å². The van der Waals surface area contributed by atoms with E-state index in [-0.39, 0.29) is 17.5 Å². The Morgan fingerprint density at radius 1 is 1.07 bits per heavy atom. The number of aliphatic hydroxyl groups excluding tert-OH is 2. The highest BCUT2D eigenvalue weighted by molar-refractivity contribution is 6.21. The summed E-state index contributed by atoms with van der Waals surface area (Å²) >= 11 is 0. The molecule has 0 aliphatic carbocycles. The van der Waals surface area contributed by atoms with Crippen molar-refractivity contribution in [1.82, 2.24) is 14.5 Å². The zero-order valence-electron chi connectivity index (χ0n) is 13.8. The van der Waals surface area contributed by atoms with E-state index in [1.54, 1.807) is 12.1 Å². The smallest absolute Gasteiger partial charge is 0.330 e. The topological polar surface area (TPSA) is 142 Å². The molecule has 2 aliphatic heterocycles. The van der Waals surface area contributed by atoms with E-state index < -0.39 is 47.7 Å². The Bertz CT molecular complexity index is 1010. The molecule has 10 heteroatoms. The Morgan fingerprint density at radius 3 is 2.30 bits per heavy atom. The third kappa shape index (κ3) is 2.70. The van der Waals surface area contributed by atoms with E-state index in [0.717, 1.165) is 10.6 Å². The first-order chi connectivity index (χ1) is 12.9. The fraction of sp³-hybridized carbons (Fsp3) is 0.294. The molecule has 0 radical (unpaired) electrons. The number of aromatic nitrogens is 2. The molecular weight excluding hydrogens is 358 g/mol. The molecule has 140 valence electrons. The Hall–Kier alpha value is -3.08. The van der Waals surface area contributed by atoms with Crippen molar-refractivity contribution >= 4 is 11.8 Å². The number of benzene rings is 1. The highest BCUT2D eigenvalue weighted by Crippen LogP contribution is 2.33. The molecule has 10 nitrogen and oxygen atoms in total. The summed E-state index contributed by atoms with van der Waals surface area (Å²) in [7, 11) is 0. The monoisotopic (exact) mass is 373 g/mol. The van der Waals surface area contributed by atoms with Gasteiger partial charge in [0.2, 0.25) is 0 Å². The van der Waals surface area contributed by atoms with Crippen molar-refractivity contribution in [3.63, 3.8) is 0 Å². The first-order valence-corrected chi connectivity index (χ1v) is 8.18. The Morgan fingerprint density at radius 2 is 1.70 bits per heavy atom. The molecule has 4 rings (SSSR count). The number of rotatable bonds is 3. The van der Waals surface area contributed by atoms with Crippen LogP contribution in [0.2, 0.25) is 0 Å². The van der Waals surface area contributed by atoms with E-state index in [4.69, 9.17) is 4.74 Å². The average molecular weight is 373 g/mol. The van der Waals surface area contributed by atoms with Gasteiger partial charge in [-0.3, -0.25) is 23.9 Å². The van der Waals surface area contributed by atoms with Crippen LogP contribution in [0, 0.1) is 0 Å². The molecule has 2 amide bonds. The first kappa shape index (κ1) is 17.3. The van der Waals surface area contributed by atoms with Gasteiger partial charge in [0.25, 0.3) is 17.4 Å². The Kier molecular flexibility index (Phi) is 4.02. The number of amides is 2. The van der Waals surface area contributed by atoms with Crippen molar-refractivity contribution in [3.8, 4) is 0 Å². The van der Waals surface area contributed by atoms with Crippen LogP contribution in [0.1, 0.15) is 33.4 Å². The predicted molar refractivity (Wildman–Crippen MR) is 88.8 cm³/mol. The number of H-pyrrole nitrogens is 1. The summed E-state index contributed by atoms with van der Waals surface area (Å²) in [6.45, 7) is 0. The number of nitrogens with one attached hydrogen (secondary N) is 1. The molecule has 1 unspecified atom stereocenters. The maximum Gasteiger partial charge on any atom is 0.330 e. The van der Waals surface area contributed by atoms with Crippen LogP contribution in [-0.2, 0) is 4.74 Å². The standard InChI is InChI=1S/C17H15N3O7/c21-10-7-12(19-6-5-11(22)18-17(19)26)27-13(10)16(25)20-14(23)8-3-1-2-4-9(8)15(20)24/h1-6,10,12-13,16,21,25H,7H2,(H,18,22,26)/t10-,12+,13-,16?/m0/s1. The number of aliphatic hydroxyl groups is 2. The lowest BCUT2D eigenvalue weighted by Crippen LogP contribution is -2.50. The molecule has 2 aromatic rings. The zero-order chi connectivity index (χ0) is 19.3. The van der Waals surface area contributed by atoms with E-state index in [9.17, 15) is 29.4 Å². The zero-order valence-corrected chi connectivity index (χ0v) is 13.8. The number of hydrogen-bond acceptors (Lipinski definition) is 7. The number of carbonyl (C=O) groups is 2. The average Bonchev–Trinajstić information content (AvgIpc) is 3.13. The maximum atomic E-state index is 12.5. The Labute approximate surface area is 151 Å². The van der Waals surface area contributed by atoms with Crippen molar-refractivity contribution in [2.75, 3.05) is 0 Å². The van der Waals surface area contributed by atoms with E-state index in [1.807, 2.05) is 0 Å². The van der Waals surface area contributed by atoms with Crippen molar-refractivity contribution in [1.29, 1.82) is 0 Å². The molecule has 27 heavy (non-hydrogen) atoms. The summed E-state index contributed by atoms with van der Waals surface area (Å²) in [5.41, 5.74) is -1.02. The van der Waals surface area contributed by atoms with E-state index in [1.165, 1.54) is 18.3 Å². The summed E-state index contributed by atoms with van der Waals surface area (Å²) in [4.78, 5) is 50.7. The minimum absolute atomic E-state index is 0.0726. The van der Waals surface area contributed by atoms with Gasteiger partial charge in [0.15, 0.2) is 6.23 Å². The number of aromatic amines is 1. The summed E-state index contributed by atoms with van der Waals surface area (Å²) in [6.07, 6.45) is -4.13. The van der Waals surface area contributed by atoms with Gasteiger partial charge in [-0.25, -0.2) is 9.69 Å². The molecule has 3 heterocycles. The second-order valence-corrected chi connectivity index (χ2v) is 6.32. The van der Waals surface area contributed by atoms with Crippen molar-refractivity contribution in [2.45, 2.75) is 31.1 Å². The maximum absolute atomic E-state index is 12.5. The summed E-state index contributed by atoms with van der Waals surface area (Å²) in [5, 5.41) is 20.8. The third-order valence-electron chi connectivity index (χ3n) is 4.68. The normalized spacial score (nSPS) is 25.7. The SMILES string of the molecule is O=C1c2ccccc2C(=O)N1C(O)[C@H]1O[C@@H](n2ccc(=O)[nH]c2=O)C[C@@H]1O. The number of hydrogen-bond donors (Lipinski definition) is 3. The van der Waals surface area contributed by atoms with Gasteiger partial charge >= 0.3 is 5.69 Å². The molecule has 1 saturated heterocycles. The van der Waals surface area contributed by atoms with Crippen LogP contribution < -0.4 is 11.2 Å². The minimum atomic E-state index is -1.74. The van der Waals surface area contributed by atoms with E-state index >= 15 is 0 Å². The van der Waals surface area contributed by atoms with Crippen molar-refractivity contribution in [3.05, 3.63) is 68.5 Å². The Balaban J connectivity index is 1.59. The highest BCUT2D eigenvalue weighted by Gasteiger charge is 2.48. The summed E-state index contributed by atoms with van der Waals surface area (Å²) in [5.74, 6) is -1.38. The quantitative estimate of drug-likeness (QED) is 0.574. The lowest BCUT2D eigenvalue weighted by molar-refractivity contribution is -0.118. The molecule has 1 aromatic carbocycles. The second-order valence-electron chi connectivity index (χ2n) is 6.32. The number of ether oxygens (including phenoxy) is 1. The van der Waals surface area contributed by atoms with Crippen LogP contribution in [-0.4, -0.2) is 54.9 Å². The largest absolute Gasteiger partial charge is 0.390 e. The first-order valence-electron chi connectivity index (χ1n) is 8.18. The van der Waals surface area contributed by atoms with Gasteiger partial charge in [-0.1, -0.05) is 12.1 Å². The lowest BCUT2D eigenvalue weighted by Gasteiger charge is -2.27. The number of carbonyl (C=O) groups excluding carboxylic acids is 2. The van der Waals surface area contributed by atoms with Gasteiger partial charge in [-0.15, -0.1) is 0 Å². The van der Waals surface area contributed by atoms with Crippen LogP contribution in [0.15, 0.2) is 46.1 Å². The van der Waals surface area contributed by atoms with Crippen LogP contribution >= 0.6 is 0 Å². The van der Waals surface area contributed by atoms with Crippen LogP contribution in [0.25, 0.3) is 0 Å². The van der Waals surface area contributed by atoms with Gasteiger partial charge in [0.05, 0.1) is 17.2 Å². The minimum Gasteiger partial charge on any atom is -0.390 e. The fourth-order valence-electron chi connectivity index (χ4n) is 3.37. The van der Waals surface area contributed by atoms with Gasteiger partial charge < -0.3 is 14.9 Å². The van der Waals surface area contributed by atoms with Gasteiger partial charge in [-0.2, -0.15) is 0 Å². The summed E-state index contributed by atoms with van der Waals surface area (Å²) < 4.78 is 6.60. The van der Waals surface area contributed by atoms with Crippen molar-refractivity contribution in [2.24, 2.45) is 0 Å². The van der Waals surface area contributed by atoms with Crippen molar-refractivity contribution < 1.29 is 24.5 Å². The molecule has 0 spiro atoms. The van der Waals surface area contributed by atoms with Crippen LogP contribution in [0.3, 0.4) is 0 Å². The molecule has 0 saturated carbocycles. The highest BCUT2D eigenvalue weighted by atomic mass is 16.5. The molecule has 1 aromatic heterocycles. The van der Waals surface area contributed by atoms with E-state index in [2.05, 4.69) is 4.98 Å². The molecule has 0 bridgehead atoms. The van der Waals surface area contributed by atoms with Gasteiger partial charge in [0, 0.05) is 18.7 Å². The van der Waals surface area contributed by atoms with Crippen LogP contribution in [0.5, 0.6) is 0 Å². The fourth-order valence-corrected chi connectivity index (χ4v) is 3.37. The molecule has 3 N–H and O–H groups in total. The summed E-state index contributed by atoms with van der Waals surface area (Å²) in [6, 6.07) is 7.25. The third-order valence-corrected chi connectivity index (χ3v) is 4.68. The predicted octanol–water partition coefficient (Wildman–Crippen LogP) is -1.20. The van der Waals surface area contributed by atoms with Crippen LogP contribution in [0.4, 0.5) is 0 Å².